The Morgan fingerprint density at radius 3 is 2.96 bits per heavy atom. The molecule has 136 valence electrons. The van der Waals surface area contributed by atoms with Crippen molar-refractivity contribution < 1.29 is 0 Å². The van der Waals surface area contributed by atoms with Crippen LogP contribution >= 0.6 is 22.9 Å². The van der Waals surface area contributed by atoms with Gasteiger partial charge in [0, 0.05) is 5.02 Å². The Bertz CT molecular complexity index is 1170. The van der Waals surface area contributed by atoms with E-state index in [1.165, 1.54) is 4.70 Å². The molecule has 0 saturated carbocycles. The molecule has 0 spiro atoms. The van der Waals surface area contributed by atoms with Crippen molar-refractivity contribution in [3.8, 4) is 0 Å². The normalized spacial score (nSPS) is 17.9. The number of hydrogen-bond acceptors (Lipinski definition) is 5. The van der Waals surface area contributed by atoms with Crippen LogP contribution in [0.5, 0.6) is 0 Å². The summed E-state index contributed by atoms with van der Waals surface area (Å²) in [5.74, 6) is 0.683. The number of H-pyrrole nitrogens is 1. The Morgan fingerprint density at radius 2 is 2.07 bits per heavy atom. The lowest BCUT2D eigenvalue weighted by Gasteiger charge is -2.22. The zero-order valence-corrected chi connectivity index (χ0v) is 16.1. The van der Waals surface area contributed by atoms with Crippen molar-refractivity contribution in [2.45, 2.75) is 25.4 Å². The van der Waals surface area contributed by atoms with Crippen LogP contribution in [-0.4, -0.2) is 26.4 Å². The number of aromatic amines is 1. The van der Waals surface area contributed by atoms with Crippen molar-refractivity contribution in [2.24, 2.45) is 0 Å². The fraction of sp³-hybridized carbons (Fsp3) is 0.250. The van der Waals surface area contributed by atoms with E-state index >= 15 is 0 Å². The van der Waals surface area contributed by atoms with Crippen LogP contribution in [0.2, 0.25) is 5.02 Å². The van der Waals surface area contributed by atoms with Gasteiger partial charge in [0.25, 0.3) is 5.56 Å². The van der Waals surface area contributed by atoms with Crippen molar-refractivity contribution in [1.82, 2.24) is 19.9 Å². The Kier molecular flexibility index (Phi) is 4.19. The highest BCUT2D eigenvalue weighted by Crippen LogP contribution is 2.36. The van der Waals surface area contributed by atoms with E-state index in [0.717, 1.165) is 29.9 Å². The first kappa shape index (κ1) is 16.9. The van der Waals surface area contributed by atoms with Gasteiger partial charge in [0.05, 0.1) is 33.7 Å². The Morgan fingerprint density at radius 1 is 1.19 bits per heavy atom. The van der Waals surface area contributed by atoms with E-state index in [4.69, 9.17) is 16.6 Å². The number of rotatable bonds is 3. The van der Waals surface area contributed by atoms with Gasteiger partial charge in [0.15, 0.2) is 0 Å². The van der Waals surface area contributed by atoms with E-state index in [1.54, 1.807) is 29.5 Å². The van der Waals surface area contributed by atoms with Gasteiger partial charge in [0.2, 0.25) is 0 Å². The summed E-state index contributed by atoms with van der Waals surface area (Å²) in [6.07, 6.45) is 2.20. The topological polar surface area (TPSA) is 61.9 Å². The quantitative estimate of drug-likeness (QED) is 0.553. The standard InChI is InChI=1S/C20H17ClN4OS/c21-12-7-8-14-13(10-12)19(26)24-18(22-14)11-25-9-3-5-16(25)20-23-15-4-1-2-6-17(15)27-20/h1-2,4,6-8,10,16H,3,5,9,11H2,(H,22,24,26)/t16-/m1/s1. The van der Waals surface area contributed by atoms with Crippen molar-refractivity contribution in [1.29, 1.82) is 0 Å². The molecule has 0 bridgehead atoms. The molecule has 1 saturated heterocycles. The number of halogens is 1. The van der Waals surface area contributed by atoms with Crippen LogP contribution in [0.15, 0.2) is 47.3 Å². The maximum Gasteiger partial charge on any atom is 0.258 e. The molecule has 2 aromatic heterocycles. The zero-order valence-electron chi connectivity index (χ0n) is 14.5. The molecule has 1 aliphatic rings. The molecule has 7 heteroatoms. The third-order valence-corrected chi connectivity index (χ3v) is 6.40. The lowest BCUT2D eigenvalue weighted by atomic mass is 10.2. The van der Waals surface area contributed by atoms with Crippen LogP contribution < -0.4 is 5.56 Å². The van der Waals surface area contributed by atoms with Crippen molar-refractivity contribution in [3.63, 3.8) is 0 Å². The molecule has 5 rings (SSSR count). The highest BCUT2D eigenvalue weighted by atomic mass is 35.5. The van der Waals surface area contributed by atoms with Gasteiger partial charge in [-0.1, -0.05) is 23.7 Å². The van der Waals surface area contributed by atoms with Gasteiger partial charge in [0.1, 0.15) is 10.8 Å². The second-order valence-electron chi connectivity index (χ2n) is 6.82. The molecular weight excluding hydrogens is 380 g/mol. The molecule has 1 N–H and O–H groups in total. The summed E-state index contributed by atoms with van der Waals surface area (Å²) in [4.78, 5) is 27.2. The first-order valence-electron chi connectivity index (χ1n) is 8.95. The summed E-state index contributed by atoms with van der Waals surface area (Å²) in [5, 5.41) is 2.21. The Labute approximate surface area is 164 Å². The minimum Gasteiger partial charge on any atom is -0.309 e. The van der Waals surface area contributed by atoms with Crippen LogP contribution in [0.4, 0.5) is 0 Å². The van der Waals surface area contributed by atoms with Gasteiger partial charge in [-0.3, -0.25) is 9.69 Å². The van der Waals surface area contributed by atoms with E-state index in [-0.39, 0.29) is 11.6 Å². The van der Waals surface area contributed by atoms with E-state index < -0.39 is 0 Å². The molecule has 0 amide bonds. The molecule has 1 fully saturated rings. The third kappa shape index (κ3) is 3.14. The van der Waals surface area contributed by atoms with Crippen molar-refractivity contribution in [2.75, 3.05) is 6.54 Å². The van der Waals surface area contributed by atoms with Crippen LogP contribution in [-0.2, 0) is 6.54 Å². The summed E-state index contributed by atoms with van der Waals surface area (Å²) in [7, 11) is 0. The summed E-state index contributed by atoms with van der Waals surface area (Å²) in [6.45, 7) is 1.58. The highest BCUT2D eigenvalue weighted by Gasteiger charge is 2.29. The number of likely N-dealkylation sites (tertiary alicyclic amines) is 1. The molecule has 27 heavy (non-hydrogen) atoms. The predicted molar refractivity (Wildman–Crippen MR) is 109 cm³/mol. The molecule has 3 heterocycles. The van der Waals surface area contributed by atoms with E-state index in [2.05, 4.69) is 27.0 Å². The van der Waals surface area contributed by atoms with Crippen LogP contribution in [0.3, 0.4) is 0 Å². The monoisotopic (exact) mass is 396 g/mol. The number of hydrogen-bond donors (Lipinski definition) is 1. The summed E-state index contributed by atoms with van der Waals surface area (Å²) >= 11 is 7.75. The molecule has 4 aromatic rings. The largest absolute Gasteiger partial charge is 0.309 e. The third-order valence-electron chi connectivity index (χ3n) is 5.03. The SMILES string of the molecule is O=c1[nH]c(CN2CCC[C@@H]2c2nc3ccccc3s2)nc2ccc(Cl)cc12. The van der Waals surface area contributed by atoms with E-state index in [0.29, 0.717) is 28.3 Å². The van der Waals surface area contributed by atoms with Gasteiger partial charge in [-0.15, -0.1) is 11.3 Å². The maximum atomic E-state index is 12.4. The molecule has 0 radical (unpaired) electrons. The average molecular weight is 397 g/mol. The number of aromatic nitrogens is 3. The molecule has 5 nitrogen and oxygen atoms in total. The number of fused-ring (bicyclic) bond motifs is 2. The molecule has 1 aliphatic heterocycles. The summed E-state index contributed by atoms with van der Waals surface area (Å²) in [5.41, 5.74) is 1.58. The van der Waals surface area contributed by atoms with Gasteiger partial charge in [-0.25, -0.2) is 9.97 Å². The second-order valence-corrected chi connectivity index (χ2v) is 8.32. The van der Waals surface area contributed by atoms with Crippen molar-refractivity contribution >= 4 is 44.1 Å². The zero-order chi connectivity index (χ0) is 18.4. The lowest BCUT2D eigenvalue weighted by molar-refractivity contribution is 0.242. The number of nitrogens with one attached hydrogen (secondary N) is 1. The fourth-order valence-electron chi connectivity index (χ4n) is 3.75. The number of benzene rings is 2. The molecular formula is C20H17ClN4OS. The number of thiazole rings is 1. The average Bonchev–Trinajstić information content (AvgIpc) is 3.28. The van der Waals surface area contributed by atoms with Gasteiger partial charge in [-0.05, 0) is 49.7 Å². The number of nitrogens with zero attached hydrogens (tertiary/aromatic N) is 3. The second kappa shape index (κ2) is 6.71. The smallest absolute Gasteiger partial charge is 0.258 e. The van der Waals surface area contributed by atoms with Gasteiger partial charge >= 0.3 is 0 Å². The Balaban J connectivity index is 1.46. The maximum absolute atomic E-state index is 12.4. The first-order valence-corrected chi connectivity index (χ1v) is 10.1. The van der Waals surface area contributed by atoms with E-state index in [9.17, 15) is 4.79 Å². The molecule has 0 aliphatic carbocycles. The van der Waals surface area contributed by atoms with Gasteiger partial charge in [-0.2, -0.15) is 0 Å². The summed E-state index contributed by atoms with van der Waals surface area (Å²) in [6, 6.07) is 13.7. The molecule has 2 aromatic carbocycles. The van der Waals surface area contributed by atoms with Crippen LogP contribution in [0.25, 0.3) is 21.1 Å². The fourth-order valence-corrected chi connectivity index (χ4v) is 5.06. The molecule has 0 unspecified atom stereocenters. The summed E-state index contributed by atoms with van der Waals surface area (Å²) < 4.78 is 1.22. The minimum atomic E-state index is -0.145. The molecule has 1 atom stereocenters. The van der Waals surface area contributed by atoms with Gasteiger partial charge < -0.3 is 4.98 Å². The first-order chi connectivity index (χ1) is 13.2. The Hall–Kier alpha value is -2.28. The van der Waals surface area contributed by atoms with Crippen molar-refractivity contribution in [3.05, 3.63) is 68.7 Å². The minimum absolute atomic E-state index is 0.145. The lowest BCUT2D eigenvalue weighted by Crippen LogP contribution is -2.25. The van der Waals surface area contributed by atoms with E-state index in [1.807, 2.05) is 12.1 Å². The highest BCUT2D eigenvalue weighted by molar-refractivity contribution is 7.18. The predicted octanol–water partition coefficient (Wildman–Crippen LogP) is 4.52. The number of para-hydroxylation sites is 1. The van der Waals surface area contributed by atoms with Crippen LogP contribution in [0.1, 0.15) is 29.7 Å². The van der Waals surface area contributed by atoms with Crippen LogP contribution in [0, 0.1) is 0 Å².